The van der Waals surface area contributed by atoms with E-state index in [9.17, 15) is 0 Å². The van der Waals surface area contributed by atoms with Gasteiger partial charge in [-0.1, -0.05) is 127 Å². The van der Waals surface area contributed by atoms with Gasteiger partial charge in [-0.15, -0.1) is 11.3 Å². The summed E-state index contributed by atoms with van der Waals surface area (Å²) in [4.78, 5) is 0. The van der Waals surface area contributed by atoms with Crippen LogP contribution in [0.3, 0.4) is 0 Å². The van der Waals surface area contributed by atoms with Crippen molar-refractivity contribution in [2.24, 2.45) is 0 Å². The second-order valence-electron chi connectivity index (χ2n) is 13.3. The van der Waals surface area contributed by atoms with Gasteiger partial charge in [-0.3, -0.25) is 0 Å². The molecule has 0 aliphatic rings. The molecule has 0 unspecified atom stereocenters. The first-order valence-electron chi connectivity index (χ1n) is 17.4. The first-order chi connectivity index (χ1) is 25.3. The summed E-state index contributed by atoms with van der Waals surface area (Å²) in [5, 5.41) is 7.71. The summed E-state index contributed by atoms with van der Waals surface area (Å²) < 4.78 is 7.51. The molecule has 0 saturated heterocycles. The molecule has 0 N–H and O–H groups in total. The maximum atomic E-state index is 2.45. The Morgan fingerprint density at radius 1 is 0.314 bits per heavy atom. The lowest BCUT2D eigenvalue weighted by molar-refractivity contribution is 1.18. The van der Waals surface area contributed by atoms with Gasteiger partial charge in [-0.05, 0) is 76.9 Å². The minimum atomic E-state index is 1.16. The van der Waals surface area contributed by atoms with Crippen LogP contribution in [0.5, 0.6) is 0 Å². The number of thiophene rings is 1. The second-order valence-corrected chi connectivity index (χ2v) is 14.4. The fraction of sp³-hybridized carbons (Fsp3) is 0. The molecule has 3 aromatic heterocycles. The van der Waals surface area contributed by atoms with E-state index >= 15 is 0 Å². The summed E-state index contributed by atoms with van der Waals surface area (Å²) in [7, 11) is 0. The Morgan fingerprint density at radius 3 is 1.47 bits per heavy atom. The topological polar surface area (TPSA) is 9.86 Å². The van der Waals surface area contributed by atoms with Gasteiger partial charge in [0.05, 0.1) is 22.1 Å². The van der Waals surface area contributed by atoms with E-state index in [1.165, 1.54) is 91.7 Å². The largest absolute Gasteiger partial charge is 0.309 e. The molecule has 8 aromatic carbocycles. The molecule has 0 bridgehead atoms. The molecule has 3 heterocycles. The Hall–Kier alpha value is -6.42. The normalized spacial score (nSPS) is 11.9. The van der Waals surface area contributed by atoms with Gasteiger partial charge in [0.1, 0.15) is 0 Å². The molecular weight excluding hydrogens is 637 g/mol. The van der Waals surface area contributed by atoms with E-state index in [1.54, 1.807) is 0 Å². The van der Waals surface area contributed by atoms with Crippen molar-refractivity contribution < 1.29 is 0 Å². The quantitative estimate of drug-likeness (QED) is 0.177. The Balaban J connectivity index is 1.15. The number of rotatable bonds is 4. The van der Waals surface area contributed by atoms with Crippen LogP contribution in [0, 0.1) is 0 Å². The van der Waals surface area contributed by atoms with Crippen LogP contribution in [0.15, 0.2) is 182 Å². The van der Waals surface area contributed by atoms with Crippen LogP contribution in [0.25, 0.3) is 97.4 Å². The maximum Gasteiger partial charge on any atom is 0.0547 e. The summed E-state index contributed by atoms with van der Waals surface area (Å²) in [6, 6.07) is 66.6. The van der Waals surface area contributed by atoms with Crippen molar-refractivity contribution in [3.8, 4) is 33.6 Å². The van der Waals surface area contributed by atoms with Gasteiger partial charge in [0.25, 0.3) is 0 Å². The summed E-state index contributed by atoms with van der Waals surface area (Å²) >= 11 is 1.87. The smallest absolute Gasteiger partial charge is 0.0547 e. The minimum absolute atomic E-state index is 1.16. The molecule has 0 aliphatic heterocycles. The SMILES string of the molecule is c1ccc(-c2ccc(-n3c4ccccc4c4c(-c5cccc6c5c5ccccc5n6-c5ccc6c(c5)sc5ccccc56)cccc43)cc2)cc1. The zero-order valence-corrected chi connectivity index (χ0v) is 28.4. The molecule has 2 nitrogen and oxygen atoms in total. The zero-order valence-electron chi connectivity index (χ0n) is 27.6. The van der Waals surface area contributed by atoms with Crippen LogP contribution in [-0.2, 0) is 0 Å². The van der Waals surface area contributed by atoms with E-state index in [0.717, 1.165) is 5.69 Å². The third-order valence-electron chi connectivity index (χ3n) is 10.5. The van der Waals surface area contributed by atoms with Crippen LogP contribution in [0.1, 0.15) is 0 Å². The van der Waals surface area contributed by atoms with Crippen LogP contribution in [0.4, 0.5) is 0 Å². The molecule has 238 valence electrons. The monoisotopic (exact) mass is 666 g/mol. The fourth-order valence-corrected chi connectivity index (χ4v) is 9.47. The van der Waals surface area contributed by atoms with E-state index in [1.807, 2.05) is 11.3 Å². The first kappa shape index (κ1) is 28.4. The molecule has 3 heteroatoms. The van der Waals surface area contributed by atoms with Crippen molar-refractivity contribution in [1.29, 1.82) is 0 Å². The number of hydrogen-bond acceptors (Lipinski definition) is 1. The van der Waals surface area contributed by atoms with Gasteiger partial charge >= 0.3 is 0 Å². The van der Waals surface area contributed by atoms with Crippen molar-refractivity contribution in [2.45, 2.75) is 0 Å². The van der Waals surface area contributed by atoms with E-state index in [2.05, 4.69) is 191 Å². The van der Waals surface area contributed by atoms with Gasteiger partial charge in [0, 0.05) is 53.1 Å². The van der Waals surface area contributed by atoms with Crippen molar-refractivity contribution in [2.75, 3.05) is 0 Å². The number of nitrogens with zero attached hydrogens (tertiary/aromatic N) is 2. The fourth-order valence-electron chi connectivity index (χ4n) is 8.33. The van der Waals surface area contributed by atoms with E-state index < -0.39 is 0 Å². The molecule has 0 radical (unpaired) electrons. The van der Waals surface area contributed by atoms with Gasteiger partial charge in [0.15, 0.2) is 0 Å². The predicted octanol–water partition coefficient (Wildman–Crippen LogP) is 13.6. The third kappa shape index (κ3) is 4.22. The Kier molecular flexibility index (Phi) is 6.16. The van der Waals surface area contributed by atoms with Crippen molar-refractivity contribution in [3.05, 3.63) is 182 Å². The van der Waals surface area contributed by atoms with Gasteiger partial charge < -0.3 is 9.13 Å². The van der Waals surface area contributed by atoms with Gasteiger partial charge in [0.2, 0.25) is 0 Å². The molecule has 0 saturated carbocycles. The highest BCUT2D eigenvalue weighted by Gasteiger charge is 2.21. The molecule has 0 amide bonds. The molecule has 0 fully saturated rings. The van der Waals surface area contributed by atoms with E-state index in [-0.39, 0.29) is 0 Å². The average Bonchev–Trinajstić information content (AvgIpc) is 3.86. The molecule has 0 spiro atoms. The highest BCUT2D eigenvalue weighted by Crippen LogP contribution is 2.44. The maximum absolute atomic E-state index is 2.45. The Morgan fingerprint density at radius 2 is 0.804 bits per heavy atom. The lowest BCUT2D eigenvalue weighted by atomic mass is 9.95. The standard InChI is InChI=1S/C48H30N2S/c1-2-12-31(13-3-1)32-24-26-33(27-25-32)49-41-19-7-4-15-39(41)47-37(17-10-21-43(47)49)38-18-11-22-44-48(38)40-16-5-8-20-42(40)50(44)34-28-29-36-35-14-6-9-23-45(35)51-46(36)30-34/h1-30H. The Bertz CT molecular complexity index is 3120. The van der Waals surface area contributed by atoms with Gasteiger partial charge in [-0.25, -0.2) is 0 Å². The lowest BCUT2D eigenvalue weighted by Crippen LogP contribution is -1.94. The molecule has 51 heavy (non-hydrogen) atoms. The number of aromatic nitrogens is 2. The van der Waals surface area contributed by atoms with Crippen LogP contribution >= 0.6 is 11.3 Å². The first-order valence-corrected chi connectivity index (χ1v) is 18.3. The molecule has 0 aliphatic carbocycles. The number of benzene rings is 8. The molecular formula is C48H30N2S. The summed E-state index contributed by atoms with van der Waals surface area (Å²) in [5.74, 6) is 0. The zero-order chi connectivity index (χ0) is 33.5. The van der Waals surface area contributed by atoms with Crippen LogP contribution in [-0.4, -0.2) is 9.13 Å². The highest BCUT2D eigenvalue weighted by atomic mass is 32.1. The van der Waals surface area contributed by atoms with Crippen LogP contribution < -0.4 is 0 Å². The summed E-state index contributed by atoms with van der Waals surface area (Å²) in [5.41, 5.74) is 12.1. The molecule has 11 rings (SSSR count). The highest BCUT2D eigenvalue weighted by molar-refractivity contribution is 7.25. The third-order valence-corrected chi connectivity index (χ3v) is 11.7. The lowest BCUT2D eigenvalue weighted by Gasteiger charge is -2.11. The van der Waals surface area contributed by atoms with Gasteiger partial charge in [-0.2, -0.15) is 0 Å². The minimum Gasteiger partial charge on any atom is -0.309 e. The number of fused-ring (bicyclic) bond motifs is 9. The second kappa shape index (κ2) is 11.0. The van der Waals surface area contributed by atoms with Crippen molar-refractivity contribution >= 4 is 75.1 Å². The van der Waals surface area contributed by atoms with Crippen molar-refractivity contribution in [3.63, 3.8) is 0 Å². The molecule has 0 atom stereocenters. The Labute approximate surface area is 298 Å². The van der Waals surface area contributed by atoms with Crippen molar-refractivity contribution in [1.82, 2.24) is 9.13 Å². The number of para-hydroxylation sites is 2. The summed E-state index contributed by atoms with van der Waals surface area (Å²) in [6.07, 6.45) is 0. The number of hydrogen-bond donors (Lipinski definition) is 0. The molecule has 11 aromatic rings. The average molecular weight is 667 g/mol. The van der Waals surface area contributed by atoms with E-state index in [0.29, 0.717) is 0 Å². The van der Waals surface area contributed by atoms with E-state index in [4.69, 9.17) is 0 Å². The van der Waals surface area contributed by atoms with Crippen LogP contribution in [0.2, 0.25) is 0 Å². The predicted molar refractivity (Wildman–Crippen MR) is 219 cm³/mol. The summed E-state index contributed by atoms with van der Waals surface area (Å²) in [6.45, 7) is 0.